The minimum Gasteiger partial charge on any atom is -0.396 e. The molecule has 2 atom stereocenters. The Morgan fingerprint density at radius 1 is 1.28 bits per heavy atom. The molecule has 2 rings (SSSR count). The van der Waals surface area contributed by atoms with Crippen LogP contribution in [0.5, 0.6) is 0 Å². The van der Waals surface area contributed by atoms with E-state index in [4.69, 9.17) is 10.8 Å². The fourth-order valence-electron chi connectivity index (χ4n) is 2.60. The summed E-state index contributed by atoms with van der Waals surface area (Å²) in [5.41, 5.74) is 8.27. The first-order valence-corrected chi connectivity index (χ1v) is 6.46. The van der Waals surface area contributed by atoms with Crippen LogP contribution >= 0.6 is 0 Å². The van der Waals surface area contributed by atoms with Crippen LogP contribution in [-0.4, -0.2) is 40.8 Å². The maximum absolute atomic E-state index is 9.04. The molecule has 1 aliphatic rings. The van der Waals surface area contributed by atoms with Gasteiger partial charge in [-0.1, -0.05) is 0 Å². The van der Waals surface area contributed by atoms with E-state index in [0.717, 1.165) is 42.4 Å². The van der Waals surface area contributed by atoms with Crippen LogP contribution in [0.15, 0.2) is 0 Å². The molecule has 0 unspecified atom stereocenters. The van der Waals surface area contributed by atoms with Gasteiger partial charge in [0.15, 0.2) is 0 Å². The number of nitrogens with two attached hydrogens (primary N) is 1. The molecule has 1 saturated heterocycles. The highest BCUT2D eigenvalue weighted by atomic mass is 16.3. The molecular formula is C13H22N4O. The molecule has 1 fully saturated rings. The lowest BCUT2D eigenvalue weighted by Gasteiger charge is -2.20. The highest BCUT2D eigenvalue weighted by Crippen LogP contribution is 2.27. The summed E-state index contributed by atoms with van der Waals surface area (Å²) in [7, 11) is 0. The van der Waals surface area contributed by atoms with Gasteiger partial charge in [0, 0.05) is 37.0 Å². The number of aliphatic hydroxyl groups excluding tert-OH is 1. The van der Waals surface area contributed by atoms with Crippen molar-refractivity contribution in [2.75, 3.05) is 24.6 Å². The van der Waals surface area contributed by atoms with E-state index in [9.17, 15) is 0 Å². The summed E-state index contributed by atoms with van der Waals surface area (Å²) in [5, 5.41) is 9.04. The van der Waals surface area contributed by atoms with Gasteiger partial charge in [-0.15, -0.1) is 0 Å². The van der Waals surface area contributed by atoms with Crippen LogP contribution in [0.1, 0.15) is 23.5 Å². The maximum Gasteiger partial charge on any atom is 0.135 e. The van der Waals surface area contributed by atoms with Gasteiger partial charge in [-0.2, -0.15) is 0 Å². The van der Waals surface area contributed by atoms with Gasteiger partial charge >= 0.3 is 0 Å². The Morgan fingerprint density at radius 2 is 2.00 bits per heavy atom. The summed E-state index contributed by atoms with van der Waals surface area (Å²) >= 11 is 0. The topological polar surface area (TPSA) is 75.3 Å². The van der Waals surface area contributed by atoms with Crippen molar-refractivity contribution in [2.24, 2.45) is 11.7 Å². The lowest BCUT2D eigenvalue weighted by atomic mass is 10.0. The van der Waals surface area contributed by atoms with Crippen LogP contribution in [-0.2, 0) is 0 Å². The van der Waals surface area contributed by atoms with E-state index in [-0.39, 0.29) is 12.6 Å². The molecule has 3 N–H and O–H groups in total. The van der Waals surface area contributed by atoms with Crippen molar-refractivity contribution in [2.45, 2.75) is 33.2 Å². The van der Waals surface area contributed by atoms with Crippen molar-refractivity contribution >= 4 is 5.82 Å². The summed E-state index contributed by atoms with van der Waals surface area (Å²) < 4.78 is 0. The smallest absolute Gasteiger partial charge is 0.135 e. The number of nitrogens with zero attached hydrogens (tertiary/aromatic N) is 3. The van der Waals surface area contributed by atoms with Crippen molar-refractivity contribution < 1.29 is 5.11 Å². The Balaban J connectivity index is 2.23. The van der Waals surface area contributed by atoms with Gasteiger partial charge in [0.05, 0.1) is 0 Å². The minimum absolute atomic E-state index is 0.118. The SMILES string of the molecule is Cc1nc(C)c(C)c(N2C[C@@H](CCO)[C@H](N)C2)n1. The van der Waals surface area contributed by atoms with Crippen LogP contribution in [0.25, 0.3) is 0 Å². The molecule has 2 heterocycles. The standard InChI is InChI=1S/C13H22N4O/c1-8-9(2)15-10(3)16-13(8)17-6-11(4-5-18)12(14)7-17/h11-12,18H,4-7,14H2,1-3H3/t11-,12-/m1/s1. The van der Waals surface area contributed by atoms with Crippen LogP contribution in [0, 0.1) is 26.7 Å². The zero-order chi connectivity index (χ0) is 13.3. The number of aryl methyl sites for hydroxylation is 2. The van der Waals surface area contributed by atoms with E-state index in [0.29, 0.717) is 5.92 Å². The lowest BCUT2D eigenvalue weighted by Crippen LogP contribution is -2.30. The van der Waals surface area contributed by atoms with Gasteiger partial charge < -0.3 is 15.7 Å². The molecule has 18 heavy (non-hydrogen) atoms. The first-order valence-electron chi connectivity index (χ1n) is 6.46. The second-order valence-corrected chi connectivity index (χ2v) is 5.15. The monoisotopic (exact) mass is 250 g/mol. The molecule has 1 aliphatic heterocycles. The Labute approximate surface area is 108 Å². The van der Waals surface area contributed by atoms with E-state index in [1.807, 2.05) is 13.8 Å². The number of rotatable bonds is 3. The van der Waals surface area contributed by atoms with Crippen molar-refractivity contribution in [3.8, 4) is 0 Å². The van der Waals surface area contributed by atoms with Crippen molar-refractivity contribution in [3.63, 3.8) is 0 Å². The van der Waals surface area contributed by atoms with Crippen LogP contribution in [0.2, 0.25) is 0 Å². The van der Waals surface area contributed by atoms with E-state index in [2.05, 4.69) is 21.8 Å². The summed E-state index contributed by atoms with van der Waals surface area (Å²) in [6, 6.07) is 0.118. The van der Waals surface area contributed by atoms with E-state index in [1.165, 1.54) is 0 Å². The van der Waals surface area contributed by atoms with Gasteiger partial charge in [0.1, 0.15) is 11.6 Å². The molecule has 5 nitrogen and oxygen atoms in total. The predicted molar refractivity (Wildman–Crippen MR) is 71.6 cm³/mol. The quantitative estimate of drug-likeness (QED) is 0.819. The Hall–Kier alpha value is -1.20. The van der Waals surface area contributed by atoms with Gasteiger partial charge in [-0.05, 0) is 33.1 Å². The molecule has 0 aliphatic carbocycles. The van der Waals surface area contributed by atoms with Crippen molar-refractivity contribution in [1.29, 1.82) is 0 Å². The number of anilines is 1. The molecule has 0 bridgehead atoms. The third-order valence-corrected chi connectivity index (χ3v) is 3.77. The zero-order valence-electron chi connectivity index (χ0n) is 11.3. The first kappa shape index (κ1) is 13.2. The molecule has 0 spiro atoms. The summed E-state index contributed by atoms with van der Waals surface area (Å²) in [6.07, 6.45) is 0.764. The van der Waals surface area contributed by atoms with E-state index >= 15 is 0 Å². The highest BCUT2D eigenvalue weighted by molar-refractivity contribution is 5.49. The zero-order valence-corrected chi connectivity index (χ0v) is 11.3. The second kappa shape index (κ2) is 5.20. The van der Waals surface area contributed by atoms with E-state index < -0.39 is 0 Å². The summed E-state index contributed by atoms with van der Waals surface area (Å²) in [4.78, 5) is 11.1. The Kier molecular flexibility index (Phi) is 3.82. The molecule has 0 amide bonds. The van der Waals surface area contributed by atoms with Gasteiger partial charge in [-0.25, -0.2) is 9.97 Å². The number of aromatic nitrogens is 2. The fourth-order valence-corrected chi connectivity index (χ4v) is 2.60. The highest BCUT2D eigenvalue weighted by Gasteiger charge is 2.31. The average molecular weight is 250 g/mol. The molecule has 0 saturated carbocycles. The Morgan fingerprint density at radius 3 is 2.67 bits per heavy atom. The number of aliphatic hydroxyl groups is 1. The molecule has 1 aromatic rings. The molecule has 100 valence electrons. The van der Waals surface area contributed by atoms with E-state index in [1.54, 1.807) is 0 Å². The summed E-state index contributed by atoms with van der Waals surface area (Å²) in [5.74, 6) is 2.15. The van der Waals surface area contributed by atoms with Gasteiger partial charge in [0.2, 0.25) is 0 Å². The van der Waals surface area contributed by atoms with Crippen LogP contribution < -0.4 is 10.6 Å². The van der Waals surface area contributed by atoms with Gasteiger partial charge in [-0.3, -0.25) is 0 Å². The third kappa shape index (κ3) is 2.47. The number of hydrogen-bond acceptors (Lipinski definition) is 5. The Bertz CT molecular complexity index is 435. The van der Waals surface area contributed by atoms with Crippen molar-refractivity contribution in [3.05, 3.63) is 17.1 Å². The molecule has 5 heteroatoms. The molecule has 0 aromatic carbocycles. The predicted octanol–water partition coefficient (Wildman–Crippen LogP) is 0.548. The molecular weight excluding hydrogens is 228 g/mol. The van der Waals surface area contributed by atoms with Crippen molar-refractivity contribution in [1.82, 2.24) is 9.97 Å². The fraction of sp³-hybridized carbons (Fsp3) is 0.692. The normalized spacial score (nSPS) is 23.7. The molecule has 0 radical (unpaired) electrons. The second-order valence-electron chi connectivity index (χ2n) is 5.15. The minimum atomic E-state index is 0.118. The third-order valence-electron chi connectivity index (χ3n) is 3.77. The van der Waals surface area contributed by atoms with Crippen LogP contribution in [0.3, 0.4) is 0 Å². The largest absolute Gasteiger partial charge is 0.396 e. The average Bonchev–Trinajstić information content (AvgIpc) is 2.66. The lowest BCUT2D eigenvalue weighted by molar-refractivity contribution is 0.257. The number of hydrogen-bond donors (Lipinski definition) is 2. The molecule has 1 aromatic heterocycles. The summed E-state index contributed by atoms with van der Waals surface area (Å²) in [6.45, 7) is 7.85. The van der Waals surface area contributed by atoms with Crippen LogP contribution in [0.4, 0.5) is 5.82 Å². The first-order chi connectivity index (χ1) is 8.52. The van der Waals surface area contributed by atoms with Gasteiger partial charge in [0.25, 0.3) is 0 Å². The maximum atomic E-state index is 9.04.